The summed E-state index contributed by atoms with van der Waals surface area (Å²) < 4.78 is 0. The number of hydrogen-bond donors (Lipinski definition) is 1. The first kappa shape index (κ1) is 13.5. The van der Waals surface area contributed by atoms with Crippen LogP contribution in [0.3, 0.4) is 0 Å². The van der Waals surface area contributed by atoms with E-state index >= 15 is 0 Å². The van der Waals surface area contributed by atoms with Gasteiger partial charge in [0.05, 0.1) is 5.76 Å². The van der Waals surface area contributed by atoms with Gasteiger partial charge >= 0.3 is 0 Å². The van der Waals surface area contributed by atoms with Gasteiger partial charge in [0.1, 0.15) is 0 Å². The van der Waals surface area contributed by atoms with E-state index in [-0.39, 0.29) is 0 Å². The fraction of sp³-hybridized carbons (Fsp3) is 0.889. The van der Waals surface area contributed by atoms with Gasteiger partial charge in [-0.1, -0.05) is 26.2 Å². The Kier molecular flexibility index (Phi) is 4.19. The van der Waals surface area contributed by atoms with Crippen LogP contribution in [0.15, 0.2) is 11.3 Å². The van der Waals surface area contributed by atoms with E-state index in [4.69, 9.17) is 0 Å². The van der Waals surface area contributed by atoms with Crippen LogP contribution in [0.4, 0.5) is 0 Å². The van der Waals surface area contributed by atoms with Gasteiger partial charge in [-0.25, -0.2) is 0 Å². The van der Waals surface area contributed by atoms with E-state index < -0.39 is 0 Å². The molecule has 0 aromatic rings. The predicted molar refractivity (Wildman–Crippen MR) is 80.1 cm³/mol. The van der Waals surface area contributed by atoms with Crippen LogP contribution in [0.25, 0.3) is 0 Å². The lowest BCUT2D eigenvalue weighted by atomic mass is 9.68. The molecule has 0 bridgehead atoms. The summed E-state index contributed by atoms with van der Waals surface area (Å²) in [5.74, 6) is 4.34. The summed E-state index contributed by atoms with van der Waals surface area (Å²) in [6.07, 6.45) is 14.9. The highest BCUT2D eigenvalue weighted by Gasteiger charge is 2.33. The highest BCUT2D eigenvalue weighted by Crippen LogP contribution is 2.45. The van der Waals surface area contributed by atoms with E-state index in [9.17, 15) is 5.11 Å². The van der Waals surface area contributed by atoms with Gasteiger partial charge in [0.25, 0.3) is 0 Å². The van der Waals surface area contributed by atoms with Gasteiger partial charge in [0.2, 0.25) is 0 Å². The molecule has 19 heavy (non-hydrogen) atoms. The Balaban J connectivity index is 1.46. The Labute approximate surface area is 118 Å². The predicted octanol–water partition coefficient (Wildman–Crippen LogP) is 5.62. The van der Waals surface area contributed by atoms with Crippen molar-refractivity contribution in [2.24, 2.45) is 23.7 Å². The first-order valence-corrected chi connectivity index (χ1v) is 8.68. The van der Waals surface area contributed by atoms with E-state index in [1.807, 2.05) is 0 Å². The summed E-state index contributed by atoms with van der Waals surface area (Å²) >= 11 is 0. The second-order valence-corrected chi connectivity index (χ2v) is 7.29. The fourth-order valence-electron chi connectivity index (χ4n) is 4.54. The van der Waals surface area contributed by atoms with E-state index in [2.05, 4.69) is 6.92 Å². The third-order valence-electron chi connectivity index (χ3n) is 6.16. The van der Waals surface area contributed by atoms with Crippen molar-refractivity contribution in [2.75, 3.05) is 0 Å². The summed E-state index contributed by atoms with van der Waals surface area (Å²) in [5, 5.41) is 10.2. The maximum atomic E-state index is 10.2. The number of aliphatic hydroxyl groups excluding tert-OH is 1. The molecule has 0 amide bonds. The normalized spacial score (nSPS) is 39.1. The quantitative estimate of drug-likeness (QED) is 0.655. The van der Waals surface area contributed by atoms with Crippen LogP contribution in [0, 0.1) is 23.7 Å². The third kappa shape index (κ3) is 3.17. The minimum Gasteiger partial charge on any atom is -0.512 e. The summed E-state index contributed by atoms with van der Waals surface area (Å²) in [5.41, 5.74) is 1.37. The van der Waals surface area contributed by atoms with Crippen LogP contribution in [0.1, 0.15) is 77.6 Å². The SMILES string of the molecule is CCC1CCC(C2CCC(C(O)=C3CC3)CC2)CC1. The molecule has 1 heteroatoms. The largest absolute Gasteiger partial charge is 0.512 e. The minimum atomic E-state index is 0.528. The van der Waals surface area contributed by atoms with Crippen molar-refractivity contribution in [3.8, 4) is 0 Å². The van der Waals surface area contributed by atoms with Crippen molar-refractivity contribution in [1.82, 2.24) is 0 Å². The molecule has 0 aliphatic heterocycles. The highest BCUT2D eigenvalue weighted by molar-refractivity contribution is 5.22. The molecule has 3 fully saturated rings. The molecule has 0 aromatic heterocycles. The molecule has 0 aromatic carbocycles. The average molecular weight is 262 g/mol. The molecule has 0 heterocycles. The molecule has 0 saturated heterocycles. The van der Waals surface area contributed by atoms with E-state index in [0.717, 1.165) is 23.5 Å². The summed E-state index contributed by atoms with van der Waals surface area (Å²) in [6.45, 7) is 2.35. The molecule has 1 N–H and O–H groups in total. The molecule has 3 aliphatic rings. The van der Waals surface area contributed by atoms with Gasteiger partial charge in [-0.15, -0.1) is 0 Å². The Morgan fingerprint density at radius 2 is 1.42 bits per heavy atom. The van der Waals surface area contributed by atoms with Crippen molar-refractivity contribution in [1.29, 1.82) is 0 Å². The van der Waals surface area contributed by atoms with Crippen LogP contribution in [-0.4, -0.2) is 5.11 Å². The van der Waals surface area contributed by atoms with E-state index in [1.54, 1.807) is 0 Å². The van der Waals surface area contributed by atoms with Gasteiger partial charge in [-0.3, -0.25) is 0 Å². The van der Waals surface area contributed by atoms with Crippen molar-refractivity contribution in [3.05, 3.63) is 11.3 Å². The maximum Gasteiger partial charge on any atom is 0.0945 e. The van der Waals surface area contributed by atoms with Crippen molar-refractivity contribution in [2.45, 2.75) is 77.6 Å². The van der Waals surface area contributed by atoms with Gasteiger partial charge in [0, 0.05) is 5.92 Å². The number of aliphatic hydroxyl groups is 1. The van der Waals surface area contributed by atoms with Gasteiger partial charge in [-0.2, -0.15) is 0 Å². The molecule has 0 atom stereocenters. The van der Waals surface area contributed by atoms with Crippen molar-refractivity contribution >= 4 is 0 Å². The third-order valence-corrected chi connectivity index (χ3v) is 6.16. The number of hydrogen-bond acceptors (Lipinski definition) is 1. The standard InChI is InChI=1S/C18H30O/c1-2-13-3-5-14(6-4-13)15-7-9-16(10-8-15)18(19)17-11-12-17/h13-16,19H,2-12H2,1H3. The van der Waals surface area contributed by atoms with Crippen LogP contribution in [0.2, 0.25) is 0 Å². The summed E-state index contributed by atoms with van der Waals surface area (Å²) in [4.78, 5) is 0. The molecule has 0 radical (unpaired) electrons. The fourth-order valence-corrected chi connectivity index (χ4v) is 4.54. The van der Waals surface area contributed by atoms with Crippen molar-refractivity contribution in [3.63, 3.8) is 0 Å². The number of rotatable bonds is 3. The topological polar surface area (TPSA) is 20.2 Å². The first-order valence-electron chi connectivity index (χ1n) is 8.68. The lowest BCUT2D eigenvalue weighted by Gasteiger charge is -2.37. The Morgan fingerprint density at radius 1 is 0.895 bits per heavy atom. The summed E-state index contributed by atoms with van der Waals surface area (Å²) in [6, 6.07) is 0. The van der Waals surface area contributed by atoms with Gasteiger partial charge < -0.3 is 5.11 Å². The van der Waals surface area contributed by atoms with Gasteiger partial charge in [-0.05, 0) is 74.7 Å². The second kappa shape index (κ2) is 5.89. The first-order chi connectivity index (χ1) is 9.28. The zero-order valence-corrected chi connectivity index (χ0v) is 12.5. The number of allylic oxidation sites excluding steroid dienone is 2. The van der Waals surface area contributed by atoms with Crippen LogP contribution in [0.5, 0.6) is 0 Å². The molecule has 108 valence electrons. The highest BCUT2D eigenvalue weighted by atomic mass is 16.3. The van der Waals surface area contributed by atoms with Crippen molar-refractivity contribution < 1.29 is 5.11 Å². The average Bonchev–Trinajstić information content (AvgIpc) is 3.31. The molecule has 0 spiro atoms. The molecule has 3 saturated carbocycles. The monoisotopic (exact) mass is 262 g/mol. The Morgan fingerprint density at radius 3 is 1.89 bits per heavy atom. The molecule has 1 nitrogen and oxygen atoms in total. The zero-order chi connectivity index (χ0) is 13.2. The Bertz CT molecular complexity index is 322. The van der Waals surface area contributed by atoms with Gasteiger partial charge in [0.15, 0.2) is 0 Å². The molecular weight excluding hydrogens is 232 g/mol. The molecule has 3 aliphatic carbocycles. The molecule has 3 rings (SSSR count). The van der Waals surface area contributed by atoms with E-state index in [1.165, 1.54) is 76.2 Å². The Hall–Kier alpha value is -0.460. The van der Waals surface area contributed by atoms with Crippen LogP contribution >= 0.6 is 0 Å². The molecule has 0 unspecified atom stereocenters. The van der Waals surface area contributed by atoms with E-state index in [0.29, 0.717) is 5.92 Å². The summed E-state index contributed by atoms with van der Waals surface area (Å²) in [7, 11) is 0. The maximum absolute atomic E-state index is 10.2. The lowest BCUT2D eigenvalue weighted by Crippen LogP contribution is -2.26. The van der Waals surface area contributed by atoms with Crippen LogP contribution < -0.4 is 0 Å². The van der Waals surface area contributed by atoms with Crippen LogP contribution in [-0.2, 0) is 0 Å². The zero-order valence-electron chi connectivity index (χ0n) is 12.5. The lowest BCUT2D eigenvalue weighted by molar-refractivity contribution is 0.140. The minimum absolute atomic E-state index is 0.528. The molecular formula is C18H30O. The second-order valence-electron chi connectivity index (χ2n) is 7.29. The smallest absolute Gasteiger partial charge is 0.0945 e.